The van der Waals surface area contributed by atoms with Crippen molar-refractivity contribution < 1.29 is 14.7 Å². The van der Waals surface area contributed by atoms with Gasteiger partial charge < -0.3 is 10.4 Å². The van der Waals surface area contributed by atoms with E-state index < -0.39 is 23.2 Å². The van der Waals surface area contributed by atoms with E-state index in [4.69, 9.17) is 0 Å². The maximum atomic E-state index is 14.3. The van der Waals surface area contributed by atoms with Crippen molar-refractivity contribution in [2.45, 2.75) is 17.8 Å². The summed E-state index contributed by atoms with van der Waals surface area (Å²) >= 11 is 0. The minimum atomic E-state index is -2.01. The molecule has 4 aromatic carbocycles. The second kappa shape index (κ2) is 7.82. The molecule has 35 heavy (non-hydrogen) atoms. The number of carbonyl (C=O) groups excluding carboxylic acids is 2. The normalized spacial score (nSPS) is 23.0. The Labute approximate surface area is 203 Å². The molecular formula is C29H23N3O3. The van der Waals surface area contributed by atoms with Crippen molar-refractivity contribution in [3.63, 3.8) is 0 Å². The number of hydrogen-bond donors (Lipinski definition) is 2. The van der Waals surface area contributed by atoms with Crippen LogP contribution in [0.2, 0.25) is 0 Å². The summed E-state index contributed by atoms with van der Waals surface area (Å²) in [5, 5.41) is 15.9. The Morgan fingerprint density at radius 2 is 1.29 bits per heavy atom. The standard InChI is InChI=1S/C29H23N3O3/c33-26-28(22-14-6-2-7-15-22)29(35,24-18-10-11-19-25(24)30-26)32(23-16-8-3-9-17-23)27(34)31(28)20-21-12-4-1-5-13-21/h1-19,35H,20H2,(H,30,33)/t28-,29-/m1/s1. The van der Waals surface area contributed by atoms with Gasteiger partial charge in [0.15, 0.2) is 0 Å². The summed E-state index contributed by atoms with van der Waals surface area (Å²) in [4.78, 5) is 31.4. The van der Waals surface area contributed by atoms with Crippen LogP contribution in [0.5, 0.6) is 0 Å². The number of benzene rings is 4. The Balaban J connectivity index is 1.70. The fourth-order valence-electron chi connectivity index (χ4n) is 5.45. The number of hydrogen-bond acceptors (Lipinski definition) is 3. The van der Waals surface area contributed by atoms with Gasteiger partial charge in [-0.15, -0.1) is 0 Å². The first-order chi connectivity index (χ1) is 17.1. The van der Waals surface area contributed by atoms with Crippen molar-refractivity contribution in [1.29, 1.82) is 0 Å². The van der Waals surface area contributed by atoms with Crippen LogP contribution in [0.15, 0.2) is 115 Å². The van der Waals surface area contributed by atoms with Crippen LogP contribution in [-0.4, -0.2) is 21.9 Å². The van der Waals surface area contributed by atoms with Crippen molar-refractivity contribution in [3.05, 3.63) is 132 Å². The fraction of sp³-hybridized carbons (Fsp3) is 0.103. The molecule has 4 aromatic rings. The monoisotopic (exact) mass is 461 g/mol. The number of nitrogens with one attached hydrogen (secondary N) is 1. The van der Waals surface area contributed by atoms with Gasteiger partial charge in [-0.25, -0.2) is 4.79 Å². The number of rotatable bonds is 4. The molecule has 2 atom stereocenters. The van der Waals surface area contributed by atoms with Crippen LogP contribution in [0.1, 0.15) is 16.7 Å². The first kappa shape index (κ1) is 21.1. The number of anilines is 2. The molecule has 2 heterocycles. The molecule has 0 bridgehead atoms. The average molecular weight is 462 g/mol. The van der Waals surface area contributed by atoms with E-state index in [0.717, 1.165) is 5.56 Å². The summed E-state index contributed by atoms with van der Waals surface area (Å²) in [7, 11) is 0. The maximum absolute atomic E-state index is 14.3. The number of aliphatic hydroxyl groups is 1. The number of fused-ring (bicyclic) bond motifs is 3. The van der Waals surface area contributed by atoms with Crippen LogP contribution < -0.4 is 10.2 Å². The van der Waals surface area contributed by atoms with Gasteiger partial charge >= 0.3 is 6.03 Å². The lowest BCUT2D eigenvalue weighted by Crippen LogP contribution is -2.65. The third kappa shape index (κ3) is 2.80. The molecule has 0 saturated carbocycles. The number of para-hydroxylation sites is 2. The largest absolute Gasteiger partial charge is 0.364 e. The van der Waals surface area contributed by atoms with Crippen molar-refractivity contribution in [2.24, 2.45) is 0 Å². The predicted octanol–water partition coefficient (Wildman–Crippen LogP) is 4.82. The van der Waals surface area contributed by atoms with Gasteiger partial charge in [-0.3, -0.25) is 14.6 Å². The second-order valence-electron chi connectivity index (χ2n) is 8.77. The maximum Gasteiger partial charge on any atom is 0.328 e. The zero-order valence-electron chi connectivity index (χ0n) is 18.8. The van der Waals surface area contributed by atoms with E-state index in [2.05, 4.69) is 5.32 Å². The Morgan fingerprint density at radius 3 is 1.97 bits per heavy atom. The predicted molar refractivity (Wildman–Crippen MR) is 133 cm³/mol. The first-order valence-corrected chi connectivity index (χ1v) is 11.5. The van der Waals surface area contributed by atoms with Gasteiger partial charge in [0.05, 0.1) is 0 Å². The number of amides is 3. The highest BCUT2D eigenvalue weighted by Crippen LogP contribution is 2.58. The van der Waals surface area contributed by atoms with E-state index in [9.17, 15) is 14.7 Å². The minimum Gasteiger partial charge on any atom is -0.364 e. The Hall–Kier alpha value is -4.42. The Bertz CT molecular complexity index is 1410. The zero-order chi connectivity index (χ0) is 24.0. The molecular weight excluding hydrogens is 438 g/mol. The van der Waals surface area contributed by atoms with Gasteiger partial charge in [0, 0.05) is 23.5 Å². The summed E-state index contributed by atoms with van der Waals surface area (Å²) in [6, 6.07) is 34.2. The molecule has 6 nitrogen and oxygen atoms in total. The molecule has 6 heteroatoms. The van der Waals surface area contributed by atoms with Gasteiger partial charge in [0.1, 0.15) is 0 Å². The molecule has 0 unspecified atom stereocenters. The summed E-state index contributed by atoms with van der Waals surface area (Å²) in [6.45, 7) is 0.135. The van der Waals surface area contributed by atoms with Crippen molar-refractivity contribution in [1.82, 2.24) is 4.90 Å². The average Bonchev–Trinajstić information content (AvgIpc) is 3.10. The molecule has 6 rings (SSSR count). The van der Waals surface area contributed by atoms with Crippen LogP contribution in [0.4, 0.5) is 16.2 Å². The van der Waals surface area contributed by atoms with Gasteiger partial charge in [-0.2, -0.15) is 0 Å². The van der Waals surface area contributed by atoms with Gasteiger partial charge in [-0.1, -0.05) is 97.1 Å². The van der Waals surface area contributed by atoms with Crippen molar-refractivity contribution in [2.75, 3.05) is 10.2 Å². The fourth-order valence-corrected chi connectivity index (χ4v) is 5.45. The van der Waals surface area contributed by atoms with Gasteiger partial charge in [0.2, 0.25) is 11.3 Å². The third-order valence-electron chi connectivity index (χ3n) is 6.92. The van der Waals surface area contributed by atoms with Crippen LogP contribution in [0, 0.1) is 0 Å². The summed E-state index contributed by atoms with van der Waals surface area (Å²) in [5.41, 5.74) is -0.956. The molecule has 2 N–H and O–H groups in total. The van der Waals surface area contributed by atoms with Crippen LogP contribution in [0.25, 0.3) is 0 Å². The zero-order valence-corrected chi connectivity index (χ0v) is 18.8. The molecule has 0 spiro atoms. The van der Waals surface area contributed by atoms with E-state index in [0.29, 0.717) is 22.5 Å². The summed E-state index contributed by atoms with van der Waals surface area (Å²) in [6.07, 6.45) is 0. The van der Waals surface area contributed by atoms with Crippen LogP contribution in [0.3, 0.4) is 0 Å². The van der Waals surface area contributed by atoms with Gasteiger partial charge in [0.25, 0.3) is 5.91 Å². The molecule has 0 radical (unpaired) electrons. The molecule has 3 amide bonds. The van der Waals surface area contributed by atoms with E-state index in [1.165, 1.54) is 9.80 Å². The van der Waals surface area contributed by atoms with Crippen molar-refractivity contribution in [3.8, 4) is 0 Å². The quantitative estimate of drug-likeness (QED) is 0.458. The lowest BCUT2D eigenvalue weighted by atomic mass is 9.72. The highest BCUT2D eigenvalue weighted by molar-refractivity contribution is 6.12. The highest BCUT2D eigenvalue weighted by Gasteiger charge is 2.74. The number of carbonyl (C=O) groups is 2. The second-order valence-corrected chi connectivity index (χ2v) is 8.77. The molecule has 2 aliphatic heterocycles. The Kier molecular flexibility index (Phi) is 4.72. The van der Waals surface area contributed by atoms with Crippen LogP contribution >= 0.6 is 0 Å². The number of nitrogens with zero attached hydrogens (tertiary/aromatic N) is 2. The van der Waals surface area contributed by atoms with Gasteiger partial charge in [-0.05, 0) is 29.3 Å². The molecule has 1 fully saturated rings. The van der Waals surface area contributed by atoms with E-state index >= 15 is 0 Å². The summed E-state index contributed by atoms with van der Waals surface area (Å²) < 4.78 is 0. The van der Waals surface area contributed by atoms with E-state index in [-0.39, 0.29) is 6.54 Å². The Morgan fingerprint density at radius 1 is 0.714 bits per heavy atom. The molecule has 0 aromatic heterocycles. The molecule has 0 aliphatic carbocycles. The highest BCUT2D eigenvalue weighted by atomic mass is 16.3. The third-order valence-corrected chi connectivity index (χ3v) is 6.92. The smallest absolute Gasteiger partial charge is 0.328 e. The topological polar surface area (TPSA) is 72.9 Å². The first-order valence-electron chi connectivity index (χ1n) is 11.5. The number of urea groups is 1. The SMILES string of the molecule is O=C1N(c2ccccc2)[C@@]2(O)c3ccccc3NC(=O)[C@@]2(c2ccccc2)N1Cc1ccccc1. The van der Waals surface area contributed by atoms with Crippen molar-refractivity contribution >= 4 is 23.3 Å². The minimum absolute atomic E-state index is 0.135. The van der Waals surface area contributed by atoms with Crippen LogP contribution in [-0.2, 0) is 22.6 Å². The molecule has 172 valence electrons. The lowest BCUT2D eigenvalue weighted by Gasteiger charge is -2.49. The molecule has 2 aliphatic rings. The summed E-state index contributed by atoms with van der Waals surface area (Å²) in [5.74, 6) is -0.465. The lowest BCUT2D eigenvalue weighted by molar-refractivity contribution is -0.145. The van der Waals surface area contributed by atoms with E-state index in [1.54, 1.807) is 48.5 Å². The van der Waals surface area contributed by atoms with E-state index in [1.807, 2.05) is 66.7 Å². The molecule has 1 saturated heterocycles.